The maximum absolute atomic E-state index is 13.7. The van der Waals surface area contributed by atoms with E-state index in [0.717, 1.165) is 0 Å². The van der Waals surface area contributed by atoms with Crippen LogP contribution in [0.25, 0.3) is 0 Å². The molecule has 1 aliphatic rings. The third kappa shape index (κ3) is 1.66. The fourth-order valence-corrected chi connectivity index (χ4v) is 2.16. The van der Waals surface area contributed by atoms with Crippen molar-refractivity contribution in [3.63, 3.8) is 0 Å². The molecule has 0 spiro atoms. The van der Waals surface area contributed by atoms with E-state index in [9.17, 15) is 4.39 Å². The zero-order chi connectivity index (χ0) is 10.9. The van der Waals surface area contributed by atoms with Crippen LogP contribution in [0.15, 0.2) is 24.3 Å². The third-order valence-electron chi connectivity index (χ3n) is 3.16. The van der Waals surface area contributed by atoms with Gasteiger partial charge in [-0.15, -0.1) is 0 Å². The first-order chi connectivity index (χ1) is 7.18. The van der Waals surface area contributed by atoms with Gasteiger partial charge in [0.2, 0.25) is 0 Å². The molecule has 2 rings (SSSR count). The van der Waals surface area contributed by atoms with Crippen LogP contribution in [0.5, 0.6) is 0 Å². The van der Waals surface area contributed by atoms with Crippen molar-refractivity contribution < 1.29 is 13.9 Å². The molecule has 0 radical (unpaired) electrons. The second-order valence-corrected chi connectivity index (χ2v) is 4.14. The van der Waals surface area contributed by atoms with Crippen LogP contribution in [-0.4, -0.2) is 26.4 Å². The quantitative estimate of drug-likeness (QED) is 0.744. The molecule has 82 valence electrons. The summed E-state index contributed by atoms with van der Waals surface area (Å²) in [7, 11) is 1.64. The Morgan fingerprint density at radius 1 is 1.47 bits per heavy atom. The number of hydrogen-bond acceptors (Lipinski definition) is 2. The van der Waals surface area contributed by atoms with Gasteiger partial charge < -0.3 is 9.47 Å². The average Bonchev–Trinajstić information content (AvgIpc) is 2.61. The topological polar surface area (TPSA) is 18.5 Å². The summed E-state index contributed by atoms with van der Waals surface area (Å²) >= 11 is 0. The number of halogens is 1. The normalized spacial score (nSPS) is 30.7. The molecule has 0 aliphatic carbocycles. The van der Waals surface area contributed by atoms with Crippen molar-refractivity contribution in [1.29, 1.82) is 0 Å². The van der Waals surface area contributed by atoms with Gasteiger partial charge in [-0.05, 0) is 11.6 Å². The number of ether oxygens (including phenoxy) is 2. The second-order valence-electron chi connectivity index (χ2n) is 4.14. The maximum atomic E-state index is 13.7. The van der Waals surface area contributed by atoms with E-state index in [1.807, 2.05) is 13.0 Å². The van der Waals surface area contributed by atoms with E-state index in [1.165, 1.54) is 6.07 Å². The predicted octanol–water partition coefficient (Wildman–Crippen LogP) is 2.13. The summed E-state index contributed by atoms with van der Waals surface area (Å²) in [5, 5.41) is 0. The van der Waals surface area contributed by atoms with Gasteiger partial charge in [0.15, 0.2) is 0 Å². The molecule has 1 saturated heterocycles. The molecule has 0 amide bonds. The molecule has 1 aromatic rings. The summed E-state index contributed by atoms with van der Waals surface area (Å²) in [6.07, 6.45) is -0.0746. The highest BCUT2D eigenvalue weighted by Gasteiger charge is 2.43. The van der Waals surface area contributed by atoms with Crippen LogP contribution in [0.2, 0.25) is 0 Å². The molecule has 2 nitrogen and oxygen atoms in total. The number of benzene rings is 1. The summed E-state index contributed by atoms with van der Waals surface area (Å²) in [6.45, 7) is 3.01. The van der Waals surface area contributed by atoms with Crippen molar-refractivity contribution in [3.8, 4) is 0 Å². The van der Waals surface area contributed by atoms with Crippen molar-refractivity contribution in [2.75, 3.05) is 20.3 Å². The van der Waals surface area contributed by atoms with Crippen molar-refractivity contribution >= 4 is 0 Å². The van der Waals surface area contributed by atoms with E-state index in [4.69, 9.17) is 9.47 Å². The van der Waals surface area contributed by atoms with Crippen molar-refractivity contribution in [2.24, 2.45) is 0 Å². The molecule has 15 heavy (non-hydrogen) atoms. The van der Waals surface area contributed by atoms with Crippen LogP contribution >= 0.6 is 0 Å². The van der Waals surface area contributed by atoms with Gasteiger partial charge in [0, 0.05) is 12.5 Å². The number of methoxy groups -OCH3 is 1. The van der Waals surface area contributed by atoms with Gasteiger partial charge in [-0.1, -0.05) is 25.1 Å². The molecular formula is C12H15FO2. The highest BCUT2D eigenvalue weighted by atomic mass is 19.1. The molecule has 1 aliphatic heterocycles. The largest absolute Gasteiger partial charge is 0.378 e. The van der Waals surface area contributed by atoms with Crippen LogP contribution in [0.1, 0.15) is 12.5 Å². The summed E-state index contributed by atoms with van der Waals surface area (Å²) in [5.74, 6) is -0.187. The van der Waals surface area contributed by atoms with Crippen LogP contribution in [0, 0.1) is 5.82 Å². The van der Waals surface area contributed by atoms with Crippen LogP contribution < -0.4 is 0 Å². The standard InChI is InChI=1S/C12H15FO2/c1-12(8-15-7-11(12)14-2)9-5-3-4-6-10(9)13/h3-6,11H,7-8H2,1-2H3/t11-,12+/m0/s1. The Labute approximate surface area is 89.0 Å². The molecule has 0 bridgehead atoms. The zero-order valence-corrected chi connectivity index (χ0v) is 9.00. The Morgan fingerprint density at radius 3 is 2.87 bits per heavy atom. The molecule has 2 atom stereocenters. The molecule has 0 unspecified atom stereocenters. The smallest absolute Gasteiger partial charge is 0.127 e. The first-order valence-electron chi connectivity index (χ1n) is 5.04. The minimum Gasteiger partial charge on any atom is -0.378 e. The molecule has 0 N–H and O–H groups in total. The minimum absolute atomic E-state index is 0.0746. The molecule has 0 aromatic heterocycles. The lowest BCUT2D eigenvalue weighted by Gasteiger charge is -2.29. The van der Waals surface area contributed by atoms with Gasteiger partial charge in [0.25, 0.3) is 0 Å². The predicted molar refractivity (Wildman–Crippen MR) is 55.4 cm³/mol. The lowest BCUT2D eigenvalue weighted by Crippen LogP contribution is -2.37. The molecule has 1 heterocycles. The lowest BCUT2D eigenvalue weighted by atomic mass is 9.79. The van der Waals surface area contributed by atoms with Gasteiger partial charge in [-0.3, -0.25) is 0 Å². The van der Waals surface area contributed by atoms with E-state index in [1.54, 1.807) is 19.2 Å². The molecule has 1 fully saturated rings. The highest BCUT2D eigenvalue weighted by molar-refractivity contribution is 5.29. The van der Waals surface area contributed by atoms with E-state index in [2.05, 4.69) is 0 Å². The fourth-order valence-electron chi connectivity index (χ4n) is 2.16. The Hall–Kier alpha value is -0.930. The Morgan fingerprint density at radius 2 is 2.20 bits per heavy atom. The summed E-state index contributed by atoms with van der Waals surface area (Å²) in [6, 6.07) is 6.82. The van der Waals surface area contributed by atoms with Crippen LogP contribution in [0.3, 0.4) is 0 Å². The Balaban J connectivity index is 2.40. The first-order valence-corrected chi connectivity index (χ1v) is 5.04. The van der Waals surface area contributed by atoms with Gasteiger partial charge in [-0.2, -0.15) is 0 Å². The average molecular weight is 210 g/mol. The van der Waals surface area contributed by atoms with Crippen molar-refractivity contribution in [2.45, 2.75) is 18.4 Å². The van der Waals surface area contributed by atoms with Gasteiger partial charge in [-0.25, -0.2) is 4.39 Å². The van der Waals surface area contributed by atoms with E-state index in [-0.39, 0.29) is 17.3 Å². The Bertz CT molecular complexity index is 353. The van der Waals surface area contributed by atoms with Crippen LogP contribution in [0.4, 0.5) is 4.39 Å². The van der Waals surface area contributed by atoms with Gasteiger partial charge in [0.1, 0.15) is 5.82 Å². The Kier molecular flexibility index (Phi) is 2.76. The highest BCUT2D eigenvalue weighted by Crippen LogP contribution is 2.35. The number of hydrogen-bond donors (Lipinski definition) is 0. The third-order valence-corrected chi connectivity index (χ3v) is 3.16. The van der Waals surface area contributed by atoms with Gasteiger partial charge in [0.05, 0.1) is 19.3 Å². The SMILES string of the molecule is CO[C@H]1COC[C@]1(C)c1ccccc1F. The molecular weight excluding hydrogens is 195 g/mol. The zero-order valence-electron chi connectivity index (χ0n) is 9.00. The molecule has 1 aromatic carbocycles. The maximum Gasteiger partial charge on any atom is 0.127 e. The van der Waals surface area contributed by atoms with Crippen LogP contribution in [-0.2, 0) is 14.9 Å². The monoisotopic (exact) mass is 210 g/mol. The fraction of sp³-hybridized carbons (Fsp3) is 0.500. The summed E-state index contributed by atoms with van der Waals surface area (Å²) in [5.41, 5.74) is 0.300. The first kappa shape index (κ1) is 10.6. The van der Waals surface area contributed by atoms with E-state index in [0.29, 0.717) is 18.8 Å². The summed E-state index contributed by atoms with van der Waals surface area (Å²) < 4.78 is 24.4. The second kappa shape index (κ2) is 3.91. The van der Waals surface area contributed by atoms with Crippen molar-refractivity contribution in [1.82, 2.24) is 0 Å². The minimum atomic E-state index is -0.375. The summed E-state index contributed by atoms with van der Waals surface area (Å²) in [4.78, 5) is 0. The molecule has 0 saturated carbocycles. The lowest BCUT2D eigenvalue weighted by molar-refractivity contribution is 0.0589. The number of rotatable bonds is 2. The van der Waals surface area contributed by atoms with E-state index >= 15 is 0 Å². The van der Waals surface area contributed by atoms with Crippen molar-refractivity contribution in [3.05, 3.63) is 35.6 Å². The van der Waals surface area contributed by atoms with E-state index < -0.39 is 0 Å². The molecule has 3 heteroatoms. The van der Waals surface area contributed by atoms with Gasteiger partial charge >= 0.3 is 0 Å².